The standard InChI is InChI=1S/C16H16/c1-4-15-13(3)6-5-7-16(15)14-10-8-12(2)9-11-14/h4-11H,1H2,2-3H3. The van der Waals surface area contributed by atoms with Crippen molar-refractivity contribution in [1.82, 2.24) is 0 Å². The van der Waals surface area contributed by atoms with Crippen molar-refractivity contribution in [2.45, 2.75) is 13.8 Å². The van der Waals surface area contributed by atoms with Crippen LogP contribution in [0.3, 0.4) is 0 Å². The maximum absolute atomic E-state index is 3.90. The van der Waals surface area contributed by atoms with Crippen molar-refractivity contribution in [2.24, 2.45) is 0 Å². The van der Waals surface area contributed by atoms with Crippen LogP contribution in [0, 0.1) is 13.8 Å². The summed E-state index contributed by atoms with van der Waals surface area (Å²) in [6.07, 6.45) is 1.94. The van der Waals surface area contributed by atoms with E-state index in [1.165, 1.54) is 27.8 Å². The van der Waals surface area contributed by atoms with Gasteiger partial charge in [-0.3, -0.25) is 0 Å². The summed E-state index contributed by atoms with van der Waals surface area (Å²) in [6, 6.07) is 15.0. The lowest BCUT2D eigenvalue weighted by atomic mass is 9.95. The predicted molar refractivity (Wildman–Crippen MR) is 71.4 cm³/mol. The maximum atomic E-state index is 3.90. The first kappa shape index (κ1) is 10.7. The van der Waals surface area contributed by atoms with Crippen LogP contribution < -0.4 is 0 Å². The monoisotopic (exact) mass is 208 g/mol. The van der Waals surface area contributed by atoms with Crippen molar-refractivity contribution in [3.63, 3.8) is 0 Å². The zero-order chi connectivity index (χ0) is 11.5. The van der Waals surface area contributed by atoms with E-state index in [-0.39, 0.29) is 0 Å². The molecule has 0 spiro atoms. The number of hydrogen-bond donors (Lipinski definition) is 0. The molecule has 16 heavy (non-hydrogen) atoms. The molecule has 0 fully saturated rings. The van der Waals surface area contributed by atoms with Crippen molar-refractivity contribution >= 4 is 6.08 Å². The zero-order valence-corrected chi connectivity index (χ0v) is 9.83. The molecule has 0 heterocycles. The molecule has 0 nitrogen and oxygen atoms in total. The molecule has 80 valence electrons. The Bertz CT molecular complexity index is 504. The van der Waals surface area contributed by atoms with Gasteiger partial charge in [-0.2, -0.15) is 0 Å². The number of benzene rings is 2. The summed E-state index contributed by atoms with van der Waals surface area (Å²) in [6.45, 7) is 8.12. The summed E-state index contributed by atoms with van der Waals surface area (Å²) in [4.78, 5) is 0. The van der Waals surface area contributed by atoms with Crippen LogP contribution in [0.2, 0.25) is 0 Å². The lowest BCUT2D eigenvalue weighted by Gasteiger charge is -2.09. The third kappa shape index (κ3) is 1.92. The van der Waals surface area contributed by atoms with Crippen LogP contribution in [0.15, 0.2) is 49.0 Å². The fourth-order valence-corrected chi connectivity index (χ4v) is 1.94. The molecule has 0 aliphatic rings. The van der Waals surface area contributed by atoms with Gasteiger partial charge in [0, 0.05) is 0 Å². The van der Waals surface area contributed by atoms with Crippen LogP contribution >= 0.6 is 0 Å². The molecule has 0 radical (unpaired) electrons. The molecule has 0 amide bonds. The summed E-state index contributed by atoms with van der Waals surface area (Å²) in [7, 11) is 0. The van der Waals surface area contributed by atoms with Gasteiger partial charge in [-0.25, -0.2) is 0 Å². The lowest BCUT2D eigenvalue weighted by Crippen LogP contribution is -1.87. The quantitative estimate of drug-likeness (QED) is 0.676. The van der Waals surface area contributed by atoms with Crippen LogP contribution in [0.4, 0.5) is 0 Å². The van der Waals surface area contributed by atoms with Crippen molar-refractivity contribution in [2.75, 3.05) is 0 Å². The molecule has 0 heteroatoms. The van der Waals surface area contributed by atoms with Gasteiger partial charge in [0.2, 0.25) is 0 Å². The highest BCUT2D eigenvalue weighted by molar-refractivity contribution is 5.76. The summed E-state index contributed by atoms with van der Waals surface area (Å²) in [5.74, 6) is 0. The fourth-order valence-electron chi connectivity index (χ4n) is 1.94. The Morgan fingerprint density at radius 2 is 1.62 bits per heavy atom. The molecule has 2 aromatic carbocycles. The molecule has 0 aliphatic carbocycles. The number of rotatable bonds is 2. The van der Waals surface area contributed by atoms with E-state index in [9.17, 15) is 0 Å². The van der Waals surface area contributed by atoms with Crippen LogP contribution in [0.5, 0.6) is 0 Å². The minimum Gasteiger partial charge on any atom is -0.0984 e. The third-order valence-electron chi connectivity index (χ3n) is 2.89. The first-order valence-electron chi connectivity index (χ1n) is 5.51. The number of hydrogen-bond acceptors (Lipinski definition) is 0. The SMILES string of the molecule is C=Cc1c(C)cccc1-c1ccc(C)cc1. The number of aryl methyl sites for hydroxylation is 2. The van der Waals surface area contributed by atoms with Crippen molar-refractivity contribution in [1.29, 1.82) is 0 Å². The Hall–Kier alpha value is -1.82. The van der Waals surface area contributed by atoms with Gasteiger partial charge in [0.1, 0.15) is 0 Å². The Morgan fingerprint density at radius 3 is 2.25 bits per heavy atom. The van der Waals surface area contributed by atoms with Gasteiger partial charge >= 0.3 is 0 Å². The van der Waals surface area contributed by atoms with E-state index in [1.807, 2.05) is 6.08 Å². The zero-order valence-electron chi connectivity index (χ0n) is 9.83. The van der Waals surface area contributed by atoms with Gasteiger partial charge in [-0.15, -0.1) is 0 Å². The van der Waals surface area contributed by atoms with Gasteiger partial charge in [-0.1, -0.05) is 60.7 Å². The summed E-state index contributed by atoms with van der Waals surface area (Å²) in [5, 5.41) is 0. The highest BCUT2D eigenvalue weighted by Crippen LogP contribution is 2.27. The van der Waals surface area contributed by atoms with Crippen LogP contribution in [0.1, 0.15) is 16.7 Å². The van der Waals surface area contributed by atoms with Gasteiger partial charge in [0.05, 0.1) is 0 Å². The summed E-state index contributed by atoms with van der Waals surface area (Å²) < 4.78 is 0. The second kappa shape index (κ2) is 4.36. The van der Waals surface area contributed by atoms with Gasteiger partial charge in [-0.05, 0) is 36.1 Å². The minimum atomic E-state index is 1.23. The van der Waals surface area contributed by atoms with E-state index in [0.717, 1.165) is 0 Å². The van der Waals surface area contributed by atoms with E-state index in [2.05, 4.69) is 62.9 Å². The smallest absolute Gasteiger partial charge is 0.0109 e. The predicted octanol–water partition coefficient (Wildman–Crippen LogP) is 4.61. The molecule has 0 aromatic heterocycles. The van der Waals surface area contributed by atoms with Crippen molar-refractivity contribution < 1.29 is 0 Å². The minimum absolute atomic E-state index is 1.23. The van der Waals surface area contributed by atoms with Crippen molar-refractivity contribution in [3.05, 3.63) is 65.7 Å². The molecular formula is C16H16. The highest BCUT2D eigenvalue weighted by Gasteiger charge is 2.03. The third-order valence-corrected chi connectivity index (χ3v) is 2.89. The Kier molecular flexibility index (Phi) is 2.91. The second-order valence-electron chi connectivity index (χ2n) is 4.11. The van der Waals surface area contributed by atoms with Crippen LogP contribution in [-0.4, -0.2) is 0 Å². The normalized spacial score (nSPS) is 10.1. The van der Waals surface area contributed by atoms with Gasteiger partial charge in [0.15, 0.2) is 0 Å². The molecule has 2 aromatic rings. The topological polar surface area (TPSA) is 0 Å². The highest BCUT2D eigenvalue weighted by atomic mass is 14.1. The average Bonchev–Trinajstić information content (AvgIpc) is 2.30. The molecule has 0 saturated heterocycles. The van der Waals surface area contributed by atoms with Crippen LogP contribution in [0.25, 0.3) is 17.2 Å². The summed E-state index contributed by atoms with van der Waals surface area (Å²) >= 11 is 0. The molecule has 0 N–H and O–H groups in total. The van der Waals surface area contributed by atoms with Crippen LogP contribution in [-0.2, 0) is 0 Å². The Morgan fingerprint density at radius 1 is 0.938 bits per heavy atom. The molecular weight excluding hydrogens is 192 g/mol. The molecule has 0 unspecified atom stereocenters. The second-order valence-corrected chi connectivity index (χ2v) is 4.11. The van der Waals surface area contributed by atoms with E-state index in [1.54, 1.807) is 0 Å². The maximum Gasteiger partial charge on any atom is -0.0109 e. The van der Waals surface area contributed by atoms with E-state index >= 15 is 0 Å². The fraction of sp³-hybridized carbons (Fsp3) is 0.125. The molecule has 0 aliphatic heterocycles. The lowest BCUT2D eigenvalue weighted by molar-refractivity contribution is 1.42. The first-order valence-corrected chi connectivity index (χ1v) is 5.51. The average molecular weight is 208 g/mol. The largest absolute Gasteiger partial charge is 0.0984 e. The first-order chi connectivity index (χ1) is 7.72. The van der Waals surface area contributed by atoms with E-state index in [4.69, 9.17) is 0 Å². The van der Waals surface area contributed by atoms with E-state index in [0.29, 0.717) is 0 Å². The molecule has 0 bridgehead atoms. The van der Waals surface area contributed by atoms with Crippen molar-refractivity contribution in [3.8, 4) is 11.1 Å². The molecule has 2 rings (SSSR count). The van der Waals surface area contributed by atoms with E-state index < -0.39 is 0 Å². The Balaban J connectivity index is 2.59. The molecule has 0 saturated carbocycles. The summed E-state index contributed by atoms with van der Waals surface area (Å²) in [5.41, 5.74) is 6.30. The molecule has 0 atom stereocenters. The van der Waals surface area contributed by atoms with Gasteiger partial charge < -0.3 is 0 Å². The van der Waals surface area contributed by atoms with Gasteiger partial charge in [0.25, 0.3) is 0 Å². The Labute approximate surface area is 97.3 Å².